The average molecular weight is 516 g/mol. The number of anilines is 2. The fourth-order valence-corrected chi connectivity index (χ4v) is 6.03. The highest BCUT2D eigenvalue weighted by Crippen LogP contribution is 2.49. The normalized spacial score (nSPS) is 18.4. The van der Waals surface area contributed by atoms with E-state index in [-0.39, 0.29) is 12.5 Å². The topological polar surface area (TPSA) is 72.9 Å². The maximum Gasteiger partial charge on any atom is 0.416 e. The van der Waals surface area contributed by atoms with E-state index in [4.69, 9.17) is 0 Å². The van der Waals surface area contributed by atoms with Crippen molar-refractivity contribution in [1.29, 1.82) is 0 Å². The van der Waals surface area contributed by atoms with Gasteiger partial charge >= 0.3 is 6.18 Å². The van der Waals surface area contributed by atoms with E-state index in [9.17, 15) is 26.7 Å². The van der Waals surface area contributed by atoms with Crippen LogP contribution in [-0.4, -0.2) is 63.5 Å². The smallest absolute Gasteiger partial charge is 0.390 e. The number of piperidine rings is 1. The highest BCUT2D eigenvalue weighted by Gasteiger charge is 2.34. The van der Waals surface area contributed by atoms with Gasteiger partial charge in [0, 0.05) is 22.9 Å². The molecule has 1 fully saturated rings. The van der Waals surface area contributed by atoms with Gasteiger partial charge in [0.05, 0.1) is 35.8 Å². The van der Waals surface area contributed by atoms with Crippen LogP contribution >= 0.6 is 11.8 Å². The number of halogens is 3. The molecule has 0 spiro atoms. The summed E-state index contributed by atoms with van der Waals surface area (Å²) < 4.78 is 65.3. The molecule has 2 aromatic rings. The summed E-state index contributed by atoms with van der Waals surface area (Å²) in [6.45, 7) is 2.44. The van der Waals surface area contributed by atoms with Gasteiger partial charge in [0.1, 0.15) is 0 Å². The molecule has 0 saturated carbocycles. The lowest BCUT2D eigenvalue weighted by Crippen LogP contribution is -2.44. The van der Waals surface area contributed by atoms with Crippen LogP contribution < -0.4 is 9.62 Å². The number of para-hydroxylation sites is 1. The molecule has 2 aliphatic heterocycles. The van der Waals surface area contributed by atoms with Crippen LogP contribution in [0, 0.1) is 5.92 Å². The number of rotatable bonds is 7. The van der Waals surface area contributed by atoms with Gasteiger partial charge < -0.3 is 14.9 Å². The van der Waals surface area contributed by atoms with Crippen molar-refractivity contribution in [3.63, 3.8) is 0 Å². The molecule has 0 amide bonds. The molecule has 2 aromatic carbocycles. The van der Waals surface area contributed by atoms with Gasteiger partial charge in [-0.1, -0.05) is 23.9 Å². The summed E-state index contributed by atoms with van der Waals surface area (Å²) in [5.74, 6) is 0.252. The van der Waals surface area contributed by atoms with Crippen molar-refractivity contribution in [3.8, 4) is 0 Å². The Bertz CT molecular complexity index is 1120. The molecule has 0 bridgehead atoms. The molecule has 1 saturated heterocycles. The molecule has 11 heteroatoms. The van der Waals surface area contributed by atoms with Crippen molar-refractivity contribution in [3.05, 3.63) is 48.0 Å². The Morgan fingerprint density at radius 1 is 1.09 bits per heavy atom. The second-order valence-electron chi connectivity index (χ2n) is 8.88. The average Bonchev–Trinajstić information content (AvgIpc) is 2.77. The molecule has 1 unspecified atom stereocenters. The summed E-state index contributed by atoms with van der Waals surface area (Å²) in [7, 11) is -3.21. The highest BCUT2D eigenvalue weighted by atomic mass is 32.2. The summed E-state index contributed by atoms with van der Waals surface area (Å²) in [5.41, 5.74) is 0.516. The molecule has 0 radical (unpaired) electrons. The number of benzene rings is 2. The minimum atomic E-state index is -4.45. The fourth-order valence-electron chi connectivity index (χ4n) is 4.41. The summed E-state index contributed by atoms with van der Waals surface area (Å²) in [6.07, 6.45) is -2.45. The van der Waals surface area contributed by atoms with Gasteiger partial charge in [-0.15, -0.1) is 0 Å². The van der Waals surface area contributed by atoms with Gasteiger partial charge in [-0.25, -0.2) is 13.1 Å². The number of aliphatic hydroxyl groups is 1. The third-order valence-corrected chi connectivity index (χ3v) is 7.98. The number of alkyl halides is 3. The summed E-state index contributed by atoms with van der Waals surface area (Å²) in [4.78, 5) is 5.56. The van der Waals surface area contributed by atoms with Gasteiger partial charge in [0.15, 0.2) is 0 Å². The second-order valence-corrected chi connectivity index (χ2v) is 11.8. The number of aliphatic hydroxyl groups excluding tert-OH is 1. The third-order valence-electron chi connectivity index (χ3n) is 6.16. The van der Waals surface area contributed by atoms with E-state index in [1.54, 1.807) is 4.90 Å². The number of β-amino-alcohol motifs (C(OH)–C–C–N with tert-alkyl or cyclic N) is 1. The Kier molecular flexibility index (Phi) is 7.49. The number of fused-ring (bicyclic) bond motifs is 2. The zero-order valence-corrected chi connectivity index (χ0v) is 20.4. The Morgan fingerprint density at radius 3 is 2.44 bits per heavy atom. The Balaban J connectivity index is 1.44. The molecule has 2 heterocycles. The first kappa shape index (κ1) is 25.3. The van der Waals surface area contributed by atoms with Crippen molar-refractivity contribution < 1.29 is 26.7 Å². The number of hydrogen-bond acceptors (Lipinski definition) is 6. The molecule has 2 aliphatic rings. The van der Waals surface area contributed by atoms with Crippen LogP contribution in [0.1, 0.15) is 18.4 Å². The predicted octanol–water partition coefficient (Wildman–Crippen LogP) is 3.93. The lowest BCUT2D eigenvalue weighted by atomic mass is 9.97. The first-order valence-corrected chi connectivity index (χ1v) is 13.8. The van der Waals surface area contributed by atoms with Crippen molar-refractivity contribution in [1.82, 2.24) is 9.62 Å². The van der Waals surface area contributed by atoms with Gasteiger partial charge in [-0.3, -0.25) is 0 Å². The van der Waals surface area contributed by atoms with Crippen molar-refractivity contribution in [2.24, 2.45) is 5.92 Å². The maximum absolute atomic E-state index is 13.4. The van der Waals surface area contributed by atoms with Crippen LogP contribution in [0.15, 0.2) is 52.3 Å². The number of hydrogen-bond donors (Lipinski definition) is 2. The van der Waals surface area contributed by atoms with E-state index in [2.05, 4.69) is 9.62 Å². The molecule has 2 N–H and O–H groups in total. The summed E-state index contributed by atoms with van der Waals surface area (Å²) in [6, 6.07) is 11.3. The molecule has 4 rings (SSSR count). The molecule has 34 heavy (non-hydrogen) atoms. The van der Waals surface area contributed by atoms with Crippen LogP contribution in [-0.2, 0) is 16.2 Å². The van der Waals surface area contributed by atoms with E-state index in [0.717, 1.165) is 59.8 Å². The number of likely N-dealkylation sites (tertiary alicyclic amines) is 1. The standard InChI is InChI=1S/C23H28F3N3O3S2/c1-34(31,32)27-13-16-8-10-28(11-9-16)14-18(30)15-29-19-4-2-3-5-21(19)33-22-7-6-17(12-20(22)29)23(24,25)26/h2-7,12,16,18,27,30H,8-11,13-15H2,1H3. The van der Waals surface area contributed by atoms with E-state index in [1.165, 1.54) is 17.8 Å². The molecule has 0 aromatic heterocycles. The van der Waals surface area contributed by atoms with E-state index in [1.807, 2.05) is 24.3 Å². The Labute approximate surface area is 202 Å². The first-order chi connectivity index (χ1) is 16.0. The second kappa shape index (κ2) is 10.1. The number of nitrogens with zero attached hydrogens (tertiary/aromatic N) is 2. The minimum Gasteiger partial charge on any atom is -0.390 e. The molecular formula is C23H28F3N3O3S2. The minimum absolute atomic E-state index is 0.168. The highest BCUT2D eigenvalue weighted by molar-refractivity contribution is 7.99. The summed E-state index contributed by atoms with van der Waals surface area (Å²) >= 11 is 1.43. The SMILES string of the molecule is CS(=O)(=O)NCC1CCN(CC(O)CN2c3ccccc3Sc3ccc(C(F)(F)F)cc32)CC1. The maximum atomic E-state index is 13.4. The van der Waals surface area contributed by atoms with Crippen LogP contribution in [0.4, 0.5) is 24.5 Å². The van der Waals surface area contributed by atoms with Crippen molar-refractivity contribution >= 4 is 33.2 Å². The fraction of sp³-hybridized carbons (Fsp3) is 0.478. The van der Waals surface area contributed by atoms with Crippen molar-refractivity contribution in [2.45, 2.75) is 34.9 Å². The van der Waals surface area contributed by atoms with E-state index in [0.29, 0.717) is 18.8 Å². The Morgan fingerprint density at radius 2 is 1.76 bits per heavy atom. The van der Waals surface area contributed by atoms with E-state index >= 15 is 0 Å². The Hall–Kier alpha value is -1.79. The van der Waals surface area contributed by atoms with Crippen molar-refractivity contribution in [2.75, 3.05) is 43.9 Å². The van der Waals surface area contributed by atoms with Crippen LogP contribution in [0.3, 0.4) is 0 Å². The van der Waals surface area contributed by atoms with Gasteiger partial charge in [0.2, 0.25) is 10.0 Å². The zero-order chi connectivity index (χ0) is 24.5. The van der Waals surface area contributed by atoms with Gasteiger partial charge in [-0.2, -0.15) is 13.2 Å². The number of nitrogens with one attached hydrogen (secondary N) is 1. The molecule has 0 aliphatic carbocycles. The molecular weight excluding hydrogens is 487 g/mol. The third kappa shape index (κ3) is 6.25. The number of sulfonamides is 1. The van der Waals surface area contributed by atoms with E-state index < -0.39 is 27.9 Å². The largest absolute Gasteiger partial charge is 0.416 e. The van der Waals surface area contributed by atoms with Gasteiger partial charge in [0.25, 0.3) is 0 Å². The molecule has 1 atom stereocenters. The lowest BCUT2D eigenvalue weighted by molar-refractivity contribution is -0.137. The first-order valence-electron chi connectivity index (χ1n) is 11.1. The molecule has 6 nitrogen and oxygen atoms in total. The molecule has 186 valence electrons. The predicted molar refractivity (Wildman–Crippen MR) is 127 cm³/mol. The van der Waals surface area contributed by atoms with Gasteiger partial charge in [-0.05, 0) is 62.2 Å². The monoisotopic (exact) mass is 515 g/mol. The zero-order valence-electron chi connectivity index (χ0n) is 18.8. The lowest BCUT2D eigenvalue weighted by Gasteiger charge is -2.37. The van der Waals surface area contributed by atoms with Crippen LogP contribution in [0.25, 0.3) is 0 Å². The van der Waals surface area contributed by atoms with Crippen LogP contribution in [0.2, 0.25) is 0 Å². The summed E-state index contributed by atoms with van der Waals surface area (Å²) in [5, 5.41) is 10.9. The quantitative estimate of drug-likeness (QED) is 0.582. The van der Waals surface area contributed by atoms with Crippen LogP contribution in [0.5, 0.6) is 0 Å².